The molecule has 4 rings (SSSR count). The molecular weight excluding hydrogens is 344 g/mol. The highest BCUT2D eigenvalue weighted by Gasteiger charge is 2.22. The fourth-order valence-electron chi connectivity index (χ4n) is 3.35. The number of hydrogen-bond donors (Lipinski definition) is 4. The van der Waals surface area contributed by atoms with E-state index in [2.05, 4.69) is 14.9 Å². The number of aromatic nitrogens is 2. The van der Waals surface area contributed by atoms with Crippen molar-refractivity contribution in [1.29, 1.82) is 0 Å². The molecular formula is C20H20N4O3. The van der Waals surface area contributed by atoms with Crippen LogP contribution in [0.15, 0.2) is 47.3 Å². The molecule has 27 heavy (non-hydrogen) atoms. The van der Waals surface area contributed by atoms with Crippen LogP contribution in [0.1, 0.15) is 16.8 Å². The highest BCUT2D eigenvalue weighted by Crippen LogP contribution is 2.30. The third-order valence-electron chi connectivity index (χ3n) is 4.83. The van der Waals surface area contributed by atoms with Gasteiger partial charge in [-0.3, -0.25) is 9.69 Å². The number of hydrogen-bond acceptors (Lipinski definition) is 6. The van der Waals surface area contributed by atoms with Gasteiger partial charge >= 0.3 is 0 Å². The number of nitrogen functional groups attached to an aromatic ring is 1. The first kappa shape index (κ1) is 17.1. The van der Waals surface area contributed by atoms with Crippen molar-refractivity contribution >= 4 is 5.69 Å². The monoisotopic (exact) mass is 364 g/mol. The normalized spacial score (nSPS) is 14.1. The molecule has 5 N–H and O–H groups in total. The summed E-state index contributed by atoms with van der Waals surface area (Å²) in [7, 11) is 0. The number of fused-ring (bicyclic) bond motifs is 1. The molecule has 0 bridgehead atoms. The topological polar surface area (TPSA) is 115 Å². The van der Waals surface area contributed by atoms with Gasteiger partial charge < -0.3 is 20.9 Å². The van der Waals surface area contributed by atoms with E-state index in [1.165, 1.54) is 6.07 Å². The van der Waals surface area contributed by atoms with Crippen LogP contribution in [0.5, 0.6) is 11.5 Å². The Morgan fingerprint density at radius 2 is 1.93 bits per heavy atom. The highest BCUT2D eigenvalue weighted by atomic mass is 16.3. The molecule has 0 unspecified atom stereocenters. The standard InChI is InChI=1S/C20H20N4O3/c21-14-6-4-12(5-7-14)19-22-16-11-24(9-8-15(16)20(27)23-19)10-13-2-1-3-17(25)18(13)26/h1-7,25-26H,8-11,21H2,(H,22,23,27). The predicted octanol–water partition coefficient (Wildman–Crippen LogP) is 1.99. The van der Waals surface area contributed by atoms with Crippen LogP contribution in [0.3, 0.4) is 0 Å². The molecule has 0 fully saturated rings. The summed E-state index contributed by atoms with van der Waals surface area (Å²) in [6.45, 7) is 1.63. The Labute approximate surface area is 155 Å². The number of benzene rings is 2. The fourth-order valence-corrected chi connectivity index (χ4v) is 3.35. The summed E-state index contributed by atoms with van der Waals surface area (Å²) in [6, 6.07) is 12.1. The van der Waals surface area contributed by atoms with Gasteiger partial charge in [-0.25, -0.2) is 4.98 Å². The lowest BCUT2D eigenvalue weighted by molar-refractivity contribution is 0.236. The average molecular weight is 364 g/mol. The number of phenolic OH excluding ortho intramolecular Hbond substituents is 2. The van der Waals surface area contributed by atoms with E-state index in [1.807, 2.05) is 12.1 Å². The highest BCUT2D eigenvalue weighted by molar-refractivity contribution is 5.58. The Balaban J connectivity index is 1.62. The molecule has 2 aromatic carbocycles. The van der Waals surface area contributed by atoms with Crippen molar-refractivity contribution in [2.75, 3.05) is 12.3 Å². The maximum Gasteiger partial charge on any atom is 0.254 e. The molecule has 0 aliphatic carbocycles. The quantitative estimate of drug-likeness (QED) is 0.417. The van der Waals surface area contributed by atoms with Gasteiger partial charge in [0.05, 0.1) is 5.69 Å². The van der Waals surface area contributed by atoms with E-state index in [-0.39, 0.29) is 17.1 Å². The molecule has 0 radical (unpaired) electrons. The first-order valence-corrected chi connectivity index (χ1v) is 8.71. The lowest BCUT2D eigenvalue weighted by atomic mass is 10.0. The Bertz CT molecular complexity index is 1040. The van der Waals surface area contributed by atoms with E-state index in [0.29, 0.717) is 48.7 Å². The van der Waals surface area contributed by atoms with E-state index in [1.54, 1.807) is 24.3 Å². The number of aromatic amines is 1. The molecule has 0 spiro atoms. The van der Waals surface area contributed by atoms with Gasteiger partial charge in [0, 0.05) is 42.0 Å². The van der Waals surface area contributed by atoms with Crippen molar-refractivity contribution in [2.45, 2.75) is 19.5 Å². The van der Waals surface area contributed by atoms with Gasteiger partial charge in [0.2, 0.25) is 0 Å². The largest absolute Gasteiger partial charge is 0.504 e. The first-order chi connectivity index (χ1) is 13.0. The minimum absolute atomic E-state index is 0.107. The van der Waals surface area contributed by atoms with E-state index < -0.39 is 0 Å². The minimum atomic E-state index is -0.134. The Morgan fingerprint density at radius 1 is 1.15 bits per heavy atom. The van der Waals surface area contributed by atoms with Gasteiger partial charge in [-0.1, -0.05) is 12.1 Å². The molecule has 2 heterocycles. The molecule has 1 aliphatic heterocycles. The maximum atomic E-state index is 12.5. The summed E-state index contributed by atoms with van der Waals surface area (Å²) in [5.41, 5.74) is 9.12. The maximum absolute atomic E-state index is 12.5. The number of H-pyrrole nitrogens is 1. The zero-order chi connectivity index (χ0) is 19.0. The molecule has 138 valence electrons. The van der Waals surface area contributed by atoms with Crippen LogP contribution in [-0.2, 0) is 19.5 Å². The lowest BCUT2D eigenvalue weighted by Gasteiger charge is -2.28. The number of phenols is 2. The van der Waals surface area contributed by atoms with Crippen molar-refractivity contribution in [3.05, 3.63) is 69.6 Å². The van der Waals surface area contributed by atoms with Crippen LogP contribution in [-0.4, -0.2) is 31.6 Å². The van der Waals surface area contributed by atoms with Crippen LogP contribution in [0.2, 0.25) is 0 Å². The first-order valence-electron chi connectivity index (χ1n) is 8.71. The zero-order valence-electron chi connectivity index (χ0n) is 14.6. The minimum Gasteiger partial charge on any atom is -0.504 e. The van der Waals surface area contributed by atoms with Gasteiger partial charge in [0.15, 0.2) is 11.5 Å². The van der Waals surface area contributed by atoms with Gasteiger partial charge in [0.1, 0.15) is 5.82 Å². The summed E-state index contributed by atoms with van der Waals surface area (Å²) < 4.78 is 0. The van der Waals surface area contributed by atoms with Crippen molar-refractivity contribution in [3.8, 4) is 22.9 Å². The SMILES string of the molecule is Nc1ccc(-c2nc3c(c(=O)[nH]2)CCN(Cc2cccc(O)c2O)C3)cc1. The van der Waals surface area contributed by atoms with E-state index in [0.717, 1.165) is 11.3 Å². The van der Waals surface area contributed by atoms with E-state index in [4.69, 9.17) is 5.73 Å². The Kier molecular flexibility index (Phi) is 4.29. The number of nitrogens with zero attached hydrogens (tertiary/aromatic N) is 2. The number of anilines is 1. The Morgan fingerprint density at radius 3 is 2.70 bits per heavy atom. The second kappa shape index (κ2) is 6.77. The number of rotatable bonds is 3. The summed E-state index contributed by atoms with van der Waals surface area (Å²) >= 11 is 0. The second-order valence-corrected chi connectivity index (χ2v) is 6.71. The second-order valence-electron chi connectivity index (χ2n) is 6.71. The smallest absolute Gasteiger partial charge is 0.254 e. The number of nitrogens with one attached hydrogen (secondary N) is 1. The van der Waals surface area contributed by atoms with Gasteiger partial charge in [-0.05, 0) is 36.8 Å². The predicted molar refractivity (Wildman–Crippen MR) is 102 cm³/mol. The fraction of sp³-hybridized carbons (Fsp3) is 0.200. The van der Waals surface area contributed by atoms with Gasteiger partial charge in [-0.15, -0.1) is 0 Å². The van der Waals surface area contributed by atoms with E-state index in [9.17, 15) is 15.0 Å². The summed E-state index contributed by atoms with van der Waals surface area (Å²) in [5.74, 6) is 0.274. The number of nitrogens with two attached hydrogens (primary N) is 1. The van der Waals surface area contributed by atoms with Crippen molar-refractivity contribution in [2.24, 2.45) is 0 Å². The molecule has 1 aromatic heterocycles. The van der Waals surface area contributed by atoms with Crippen LogP contribution in [0, 0.1) is 0 Å². The molecule has 0 atom stereocenters. The Hall–Kier alpha value is -3.32. The van der Waals surface area contributed by atoms with Gasteiger partial charge in [0.25, 0.3) is 5.56 Å². The van der Waals surface area contributed by atoms with Crippen molar-refractivity contribution in [1.82, 2.24) is 14.9 Å². The van der Waals surface area contributed by atoms with E-state index >= 15 is 0 Å². The molecule has 1 aliphatic rings. The molecule has 7 nitrogen and oxygen atoms in total. The average Bonchev–Trinajstić information content (AvgIpc) is 2.66. The molecule has 0 saturated carbocycles. The third kappa shape index (κ3) is 3.37. The van der Waals surface area contributed by atoms with Crippen molar-refractivity contribution < 1.29 is 10.2 Å². The van der Waals surface area contributed by atoms with Crippen molar-refractivity contribution in [3.63, 3.8) is 0 Å². The molecule has 7 heteroatoms. The van der Waals surface area contributed by atoms with Crippen LogP contribution < -0.4 is 11.3 Å². The van der Waals surface area contributed by atoms with Crippen LogP contribution in [0.4, 0.5) is 5.69 Å². The molecule has 0 amide bonds. The number of para-hydroxylation sites is 1. The van der Waals surface area contributed by atoms with Gasteiger partial charge in [-0.2, -0.15) is 0 Å². The zero-order valence-corrected chi connectivity index (χ0v) is 14.6. The summed E-state index contributed by atoms with van der Waals surface area (Å²) in [4.78, 5) is 22.1. The molecule has 3 aromatic rings. The van der Waals surface area contributed by atoms with Crippen LogP contribution >= 0.6 is 0 Å². The summed E-state index contributed by atoms with van der Waals surface area (Å²) in [5, 5.41) is 19.7. The third-order valence-corrected chi connectivity index (χ3v) is 4.83. The molecule has 0 saturated heterocycles. The number of aromatic hydroxyl groups is 2. The van der Waals surface area contributed by atoms with Crippen LogP contribution in [0.25, 0.3) is 11.4 Å². The summed E-state index contributed by atoms with van der Waals surface area (Å²) in [6.07, 6.45) is 0.583. The lowest BCUT2D eigenvalue weighted by Crippen LogP contribution is -2.35.